The van der Waals surface area contributed by atoms with Crippen molar-refractivity contribution in [2.24, 2.45) is 0 Å². The fraction of sp³-hybridized carbons (Fsp3) is 0.419. The first-order valence-corrected chi connectivity index (χ1v) is 25.1. The molecule has 0 saturated heterocycles. The molecule has 0 aliphatic heterocycles. The van der Waals surface area contributed by atoms with E-state index in [0.29, 0.717) is 47.3 Å². The molecule has 72 heavy (non-hydrogen) atoms. The number of carbonyl (C=O) groups excluding carboxylic acids is 2. The minimum absolute atomic E-state index is 0. The molecule has 0 aliphatic rings. The van der Waals surface area contributed by atoms with E-state index >= 15 is 0 Å². The third kappa shape index (κ3) is 18.9. The van der Waals surface area contributed by atoms with Crippen LogP contribution >= 0.6 is 0 Å². The maximum absolute atomic E-state index is 8.89. The monoisotopic (exact) mass is 1140 g/mol. The van der Waals surface area contributed by atoms with Gasteiger partial charge in [-0.25, -0.2) is 0 Å². The molecule has 0 bridgehead atoms. The van der Waals surface area contributed by atoms with Crippen molar-refractivity contribution < 1.29 is 61.9 Å². The Hall–Kier alpha value is -4.90. The van der Waals surface area contributed by atoms with Gasteiger partial charge in [0.15, 0.2) is 0 Å². The molecule has 6 rings (SSSR count). The average molecular weight is 1140 g/mol. The van der Waals surface area contributed by atoms with Crippen LogP contribution in [0.25, 0.3) is 33.1 Å². The van der Waals surface area contributed by atoms with Crippen LogP contribution in [-0.4, -0.2) is 21.9 Å². The second-order valence-corrected chi connectivity index (χ2v) is 20.4. The van der Waals surface area contributed by atoms with Crippen LogP contribution in [0.5, 0.6) is 0 Å². The molecule has 2 aromatic heterocycles. The minimum atomic E-state index is -1.08. The zero-order valence-corrected chi connectivity index (χ0v) is 50.3. The van der Waals surface area contributed by atoms with Crippen LogP contribution < -0.4 is 10.2 Å². The number of hydrogen-bond acceptors (Lipinski definition) is 6. The second kappa shape index (κ2) is 31.0. The summed E-state index contributed by atoms with van der Waals surface area (Å²) in [5, 5.41) is 28.0. The predicted molar refractivity (Wildman–Crippen MR) is 292 cm³/mol. The first kappa shape index (κ1) is 65.1. The number of benzene rings is 4. The van der Waals surface area contributed by atoms with Gasteiger partial charge in [-0.05, 0) is 140 Å². The third-order valence-electron chi connectivity index (χ3n) is 11.9. The van der Waals surface area contributed by atoms with E-state index in [2.05, 4.69) is 208 Å². The summed E-state index contributed by atoms with van der Waals surface area (Å²) in [6.45, 7) is 37.8. The van der Waals surface area contributed by atoms with Gasteiger partial charge in [-0.3, -0.25) is 0 Å². The molecule has 0 aliphatic carbocycles. The fourth-order valence-corrected chi connectivity index (χ4v) is 8.45. The van der Waals surface area contributed by atoms with Crippen molar-refractivity contribution in [2.45, 2.75) is 172 Å². The number of nitrogens with zero attached hydrogens (tertiary/aromatic N) is 4. The number of hydrogen-bond donors (Lipinski definition) is 0. The van der Waals surface area contributed by atoms with E-state index in [9.17, 15) is 0 Å². The SMILES string of the molecule is CC(=O)[O-].CC(=O)[O-].CC(C)c1cccc(C(C)C)c1[N-]c1cccc(-c2c(C(C)C)cccc2C(C)C)n1.CC(C)c1cccc(C(C)C)c1[N-]c1cccc(-c2c(C(C)C)cccc2C(C)C)n1.[Mo+2].[Mo+2]. The van der Waals surface area contributed by atoms with Crippen LogP contribution in [0.3, 0.4) is 0 Å². The van der Waals surface area contributed by atoms with Gasteiger partial charge in [0.05, 0.1) is 0 Å². The molecule has 0 fully saturated rings. The number of pyridine rings is 2. The molecule has 6 aromatic rings. The van der Waals surface area contributed by atoms with E-state index in [0.717, 1.165) is 48.2 Å². The molecule has 384 valence electrons. The molecule has 2 heterocycles. The molecule has 0 amide bonds. The fourth-order valence-electron chi connectivity index (χ4n) is 8.45. The van der Waals surface area contributed by atoms with Crippen molar-refractivity contribution in [3.05, 3.63) is 164 Å². The summed E-state index contributed by atoms with van der Waals surface area (Å²) >= 11 is 0. The van der Waals surface area contributed by atoms with E-state index in [1.165, 1.54) is 55.6 Å². The van der Waals surface area contributed by atoms with E-state index < -0.39 is 11.9 Å². The van der Waals surface area contributed by atoms with E-state index in [1.807, 2.05) is 12.1 Å². The molecule has 0 N–H and O–H groups in total. The van der Waals surface area contributed by atoms with Crippen molar-refractivity contribution in [1.82, 2.24) is 9.97 Å². The van der Waals surface area contributed by atoms with Gasteiger partial charge in [0.2, 0.25) is 0 Å². The topological polar surface area (TPSA) is 134 Å². The van der Waals surface area contributed by atoms with Gasteiger partial charge in [-0.15, -0.1) is 0 Å². The standard InChI is InChI=1S/2C29H37N2.2C2H4O2.2Mo/c2*1-18(2)22-12-9-13-23(19(3)4)28(22)26-16-11-17-27(30-26)31-29-24(20(5)6)14-10-15-25(29)21(7)8;2*1-2(3)4;;/h2*9-21H,1-8H3;2*1H3,(H,3,4);;/q2*-1;;;2*+2/p-2. The number of carboxylic acid groups (broad SMARTS) is 2. The normalized spacial score (nSPS) is 10.8. The van der Waals surface area contributed by atoms with Crippen LogP contribution in [-0.2, 0) is 51.7 Å². The Bertz CT molecular complexity index is 2340. The average Bonchev–Trinajstić information content (AvgIpc) is 3.28. The number of para-hydroxylation sites is 2. The van der Waals surface area contributed by atoms with Crippen molar-refractivity contribution in [3.8, 4) is 22.5 Å². The number of carboxylic acids is 2. The smallest absolute Gasteiger partial charge is 0.550 e. The van der Waals surface area contributed by atoms with Crippen LogP contribution in [0.2, 0.25) is 0 Å². The zero-order valence-electron chi connectivity index (χ0n) is 46.2. The summed E-state index contributed by atoms with van der Waals surface area (Å²) in [6, 6.07) is 38.9. The van der Waals surface area contributed by atoms with Crippen molar-refractivity contribution >= 4 is 34.9 Å². The maximum Gasteiger partial charge on any atom is 2.00 e. The van der Waals surface area contributed by atoms with E-state index in [1.54, 1.807) is 0 Å². The van der Waals surface area contributed by atoms with Gasteiger partial charge in [0, 0.05) is 11.9 Å². The summed E-state index contributed by atoms with van der Waals surface area (Å²) in [6.07, 6.45) is 0. The Morgan fingerprint density at radius 3 is 0.722 bits per heavy atom. The molecule has 0 spiro atoms. The van der Waals surface area contributed by atoms with E-state index in [-0.39, 0.29) is 42.1 Å². The molecular formula is C62H80Mo2N4O4. The molecule has 0 atom stereocenters. The van der Waals surface area contributed by atoms with Gasteiger partial charge in [-0.2, -0.15) is 0 Å². The number of carbonyl (C=O) groups is 2. The molecule has 10 heteroatoms. The van der Waals surface area contributed by atoms with Gasteiger partial charge in [0.25, 0.3) is 0 Å². The largest absolute Gasteiger partial charge is 2.00 e. The van der Waals surface area contributed by atoms with Gasteiger partial charge in [0.1, 0.15) is 0 Å². The van der Waals surface area contributed by atoms with E-state index in [4.69, 9.17) is 40.4 Å². The summed E-state index contributed by atoms with van der Waals surface area (Å²) in [7, 11) is 0. The molecule has 0 radical (unpaired) electrons. The third-order valence-corrected chi connectivity index (χ3v) is 11.9. The van der Waals surface area contributed by atoms with Crippen molar-refractivity contribution in [2.75, 3.05) is 0 Å². The Kier molecular flexibility index (Phi) is 28.0. The minimum Gasteiger partial charge on any atom is -0.550 e. The Balaban J connectivity index is 0.000000611. The predicted octanol–water partition coefficient (Wildman–Crippen LogP) is 16.7. The molecule has 0 unspecified atom stereocenters. The zero-order chi connectivity index (χ0) is 52.6. The Labute approximate surface area is 462 Å². The van der Waals surface area contributed by atoms with Crippen LogP contribution in [0, 0.1) is 0 Å². The number of rotatable bonds is 14. The van der Waals surface area contributed by atoms with Gasteiger partial charge >= 0.3 is 42.1 Å². The quantitative estimate of drug-likeness (QED) is 0.0997. The first-order chi connectivity index (χ1) is 32.9. The van der Waals surface area contributed by atoms with Crippen molar-refractivity contribution in [1.29, 1.82) is 0 Å². The van der Waals surface area contributed by atoms with Crippen molar-refractivity contribution in [3.63, 3.8) is 0 Å². The number of aliphatic carboxylic acids is 2. The summed E-state index contributed by atoms with van der Waals surface area (Å²) in [4.78, 5) is 27.9. The van der Waals surface area contributed by atoms with Crippen LogP contribution in [0.1, 0.15) is 216 Å². The Morgan fingerprint density at radius 2 is 0.528 bits per heavy atom. The summed E-state index contributed by atoms with van der Waals surface area (Å²) in [5.74, 6) is 2.78. The molecule has 0 saturated carbocycles. The molecule has 8 nitrogen and oxygen atoms in total. The van der Waals surface area contributed by atoms with Gasteiger partial charge < -0.3 is 40.4 Å². The molecular weight excluding hydrogens is 1060 g/mol. The first-order valence-electron chi connectivity index (χ1n) is 25.1. The summed E-state index contributed by atoms with van der Waals surface area (Å²) < 4.78 is 0. The summed E-state index contributed by atoms with van der Waals surface area (Å²) in [5.41, 5.74) is 17.3. The Morgan fingerprint density at radius 1 is 0.347 bits per heavy atom. The maximum atomic E-state index is 8.89. The van der Waals surface area contributed by atoms with Crippen LogP contribution in [0.15, 0.2) is 109 Å². The van der Waals surface area contributed by atoms with Crippen LogP contribution in [0.4, 0.5) is 23.0 Å². The number of aromatic nitrogens is 2. The van der Waals surface area contributed by atoms with Gasteiger partial charge in [-0.1, -0.05) is 232 Å². The molecule has 4 aromatic carbocycles. The second-order valence-electron chi connectivity index (χ2n) is 20.4.